The predicted molar refractivity (Wildman–Crippen MR) is 158 cm³/mol. The van der Waals surface area contributed by atoms with Gasteiger partial charge in [0.15, 0.2) is 0 Å². The van der Waals surface area contributed by atoms with E-state index in [1.54, 1.807) is 17.0 Å². The number of rotatable bonds is 6. The summed E-state index contributed by atoms with van der Waals surface area (Å²) >= 11 is 6.69. The summed E-state index contributed by atoms with van der Waals surface area (Å²) in [6.45, 7) is 4.54. The maximum absolute atomic E-state index is 13.6. The number of fused-ring (bicyclic) bond motifs is 1. The molecule has 7 nitrogen and oxygen atoms in total. The van der Waals surface area contributed by atoms with E-state index in [4.69, 9.17) is 16.6 Å². The Morgan fingerprint density at radius 2 is 1.82 bits per heavy atom. The Morgan fingerprint density at radius 1 is 1.00 bits per heavy atom. The first-order valence-electron chi connectivity index (χ1n) is 13.3. The molecule has 1 aliphatic heterocycles. The van der Waals surface area contributed by atoms with Gasteiger partial charge in [0, 0.05) is 51.7 Å². The molecule has 2 N–H and O–H groups in total. The van der Waals surface area contributed by atoms with Crippen LogP contribution in [0.3, 0.4) is 0 Å². The van der Waals surface area contributed by atoms with Crippen molar-refractivity contribution >= 4 is 34.3 Å². The molecular formula is C31H29ClN6O. The Bertz CT molecular complexity index is 1680. The third-order valence-electron chi connectivity index (χ3n) is 7.34. The van der Waals surface area contributed by atoms with E-state index in [0.717, 1.165) is 48.3 Å². The number of nitrogens with zero attached hydrogens (tertiary/aromatic N) is 4. The van der Waals surface area contributed by atoms with E-state index in [1.807, 2.05) is 49.4 Å². The summed E-state index contributed by atoms with van der Waals surface area (Å²) in [5.41, 5.74) is 5.61. The highest BCUT2D eigenvalue weighted by molar-refractivity contribution is 6.33. The van der Waals surface area contributed by atoms with Gasteiger partial charge in [0.2, 0.25) is 5.95 Å². The Labute approximate surface area is 231 Å². The van der Waals surface area contributed by atoms with Crippen molar-refractivity contribution in [2.75, 3.05) is 18.4 Å². The molecule has 8 heteroatoms. The monoisotopic (exact) mass is 536 g/mol. The standard InChI is InChI=1S/C31H29ClN6O/c1-2-38-29-23(17-26(30(38)39)25-11-8-22(18-27(25)32)28-5-3-4-14-34-28)19-35-31(37-29)36-24-9-6-20(7-10-24)21-12-15-33-16-13-21/h3-11,14,17-19,21,33H,2,12-13,15-16H2,1H3,(H,35,36,37). The summed E-state index contributed by atoms with van der Waals surface area (Å²) < 4.78 is 1.67. The highest BCUT2D eigenvalue weighted by Crippen LogP contribution is 2.32. The lowest BCUT2D eigenvalue weighted by Crippen LogP contribution is -2.26. The molecule has 39 heavy (non-hydrogen) atoms. The van der Waals surface area contributed by atoms with Crippen LogP contribution < -0.4 is 16.2 Å². The number of hydrogen-bond acceptors (Lipinski definition) is 6. The predicted octanol–water partition coefficient (Wildman–Crippen LogP) is 6.40. The minimum absolute atomic E-state index is 0.145. The maximum atomic E-state index is 13.6. The molecule has 1 fully saturated rings. The molecule has 0 bridgehead atoms. The third-order valence-corrected chi connectivity index (χ3v) is 7.65. The molecule has 0 unspecified atom stereocenters. The summed E-state index contributed by atoms with van der Waals surface area (Å²) in [5.74, 6) is 1.05. The molecule has 0 spiro atoms. The zero-order valence-electron chi connectivity index (χ0n) is 21.7. The zero-order chi connectivity index (χ0) is 26.8. The van der Waals surface area contributed by atoms with E-state index in [1.165, 1.54) is 5.56 Å². The number of nitrogens with one attached hydrogen (secondary N) is 2. The van der Waals surface area contributed by atoms with Gasteiger partial charge in [-0.25, -0.2) is 4.98 Å². The summed E-state index contributed by atoms with van der Waals surface area (Å²) in [6.07, 6.45) is 5.82. The quantitative estimate of drug-likeness (QED) is 0.261. The number of anilines is 2. The molecule has 0 radical (unpaired) electrons. The van der Waals surface area contributed by atoms with Crippen molar-refractivity contribution in [1.82, 2.24) is 24.8 Å². The summed E-state index contributed by atoms with van der Waals surface area (Å²) in [4.78, 5) is 27.2. The van der Waals surface area contributed by atoms with E-state index < -0.39 is 0 Å². The number of aryl methyl sites for hydroxylation is 1. The molecular weight excluding hydrogens is 508 g/mol. The van der Waals surface area contributed by atoms with Crippen molar-refractivity contribution in [3.05, 3.63) is 100 Å². The third kappa shape index (κ3) is 5.15. The van der Waals surface area contributed by atoms with Crippen LogP contribution in [0.2, 0.25) is 5.02 Å². The van der Waals surface area contributed by atoms with Gasteiger partial charge in [-0.2, -0.15) is 4.98 Å². The Kier molecular flexibility index (Phi) is 7.09. The van der Waals surface area contributed by atoms with E-state index >= 15 is 0 Å². The van der Waals surface area contributed by atoms with Crippen molar-refractivity contribution < 1.29 is 0 Å². The van der Waals surface area contributed by atoms with Crippen LogP contribution in [0, 0.1) is 0 Å². The van der Waals surface area contributed by atoms with Crippen molar-refractivity contribution in [1.29, 1.82) is 0 Å². The van der Waals surface area contributed by atoms with E-state index in [2.05, 4.69) is 44.9 Å². The van der Waals surface area contributed by atoms with Crippen LogP contribution in [0.15, 0.2) is 83.9 Å². The summed E-state index contributed by atoms with van der Waals surface area (Å²) in [5, 5.41) is 7.97. The van der Waals surface area contributed by atoms with Crippen molar-refractivity contribution in [2.24, 2.45) is 0 Å². The molecule has 2 aromatic carbocycles. The minimum atomic E-state index is -0.145. The van der Waals surface area contributed by atoms with E-state index in [9.17, 15) is 4.79 Å². The lowest BCUT2D eigenvalue weighted by atomic mass is 9.90. The van der Waals surface area contributed by atoms with Gasteiger partial charge in [-0.1, -0.05) is 41.9 Å². The molecule has 3 aromatic heterocycles. The van der Waals surface area contributed by atoms with Gasteiger partial charge in [-0.15, -0.1) is 0 Å². The topological polar surface area (TPSA) is 84.7 Å². The second-order valence-corrected chi connectivity index (χ2v) is 10.2. The number of halogens is 1. The SMILES string of the molecule is CCn1c(=O)c(-c2ccc(-c3ccccn3)cc2Cl)cc2cnc(Nc3ccc(C4CCNCC4)cc3)nc21. The fourth-order valence-electron chi connectivity index (χ4n) is 5.25. The smallest absolute Gasteiger partial charge is 0.260 e. The number of pyridine rings is 2. The molecule has 5 aromatic rings. The highest BCUT2D eigenvalue weighted by Gasteiger charge is 2.17. The van der Waals surface area contributed by atoms with Crippen LogP contribution in [-0.4, -0.2) is 32.6 Å². The molecule has 1 saturated heterocycles. The molecule has 0 aliphatic carbocycles. The van der Waals surface area contributed by atoms with E-state index in [0.29, 0.717) is 40.2 Å². The molecule has 4 heterocycles. The van der Waals surface area contributed by atoms with Crippen molar-refractivity contribution in [3.8, 4) is 22.4 Å². The average Bonchev–Trinajstić information content (AvgIpc) is 2.98. The second kappa shape index (κ2) is 11.0. The van der Waals surface area contributed by atoms with Crippen molar-refractivity contribution in [2.45, 2.75) is 32.2 Å². The number of piperidine rings is 1. The fourth-order valence-corrected chi connectivity index (χ4v) is 5.54. The summed E-state index contributed by atoms with van der Waals surface area (Å²) in [6, 6.07) is 21.7. The van der Waals surface area contributed by atoms with Crippen LogP contribution in [-0.2, 0) is 6.54 Å². The van der Waals surface area contributed by atoms with Gasteiger partial charge >= 0.3 is 0 Å². The molecule has 0 amide bonds. The largest absolute Gasteiger partial charge is 0.324 e. The van der Waals surface area contributed by atoms with Crippen LogP contribution >= 0.6 is 11.6 Å². The first-order valence-corrected chi connectivity index (χ1v) is 13.7. The van der Waals surface area contributed by atoms with Gasteiger partial charge in [-0.05, 0) is 80.7 Å². The second-order valence-electron chi connectivity index (χ2n) is 9.76. The summed E-state index contributed by atoms with van der Waals surface area (Å²) in [7, 11) is 0. The Balaban J connectivity index is 1.30. The van der Waals surface area contributed by atoms with Crippen LogP contribution in [0.1, 0.15) is 31.2 Å². The number of hydrogen-bond donors (Lipinski definition) is 2. The first kappa shape index (κ1) is 25.2. The molecule has 0 saturated carbocycles. The van der Waals surface area contributed by atoms with Gasteiger partial charge in [0.1, 0.15) is 5.65 Å². The number of benzene rings is 2. The normalized spacial score (nSPS) is 14.0. The Morgan fingerprint density at radius 3 is 2.54 bits per heavy atom. The molecule has 0 atom stereocenters. The zero-order valence-corrected chi connectivity index (χ0v) is 22.4. The fraction of sp³-hybridized carbons (Fsp3) is 0.226. The van der Waals surface area contributed by atoms with Crippen LogP contribution in [0.4, 0.5) is 11.6 Å². The Hall–Kier alpha value is -4.07. The molecule has 1 aliphatic rings. The minimum Gasteiger partial charge on any atom is -0.324 e. The van der Waals surface area contributed by atoms with Crippen LogP contribution in [0.25, 0.3) is 33.4 Å². The average molecular weight is 537 g/mol. The molecule has 6 rings (SSSR count). The maximum Gasteiger partial charge on any atom is 0.260 e. The first-order chi connectivity index (χ1) is 19.1. The van der Waals surface area contributed by atoms with E-state index in [-0.39, 0.29) is 5.56 Å². The van der Waals surface area contributed by atoms with Gasteiger partial charge < -0.3 is 10.6 Å². The van der Waals surface area contributed by atoms with Gasteiger partial charge in [-0.3, -0.25) is 14.3 Å². The lowest BCUT2D eigenvalue weighted by molar-refractivity contribution is 0.460. The highest BCUT2D eigenvalue weighted by atomic mass is 35.5. The van der Waals surface area contributed by atoms with Gasteiger partial charge in [0.05, 0.1) is 5.69 Å². The lowest BCUT2D eigenvalue weighted by Gasteiger charge is -2.23. The van der Waals surface area contributed by atoms with Gasteiger partial charge in [0.25, 0.3) is 5.56 Å². The number of aromatic nitrogens is 4. The molecule has 196 valence electrons. The van der Waals surface area contributed by atoms with Crippen LogP contribution in [0.5, 0.6) is 0 Å². The van der Waals surface area contributed by atoms with Crippen molar-refractivity contribution in [3.63, 3.8) is 0 Å².